The molecule has 0 saturated carbocycles. The third-order valence-electron chi connectivity index (χ3n) is 2.68. The number of amides is 1. The van der Waals surface area contributed by atoms with Crippen LogP contribution in [0, 0.1) is 0 Å². The number of hydrogen-bond acceptors (Lipinski definition) is 5. The van der Waals surface area contributed by atoms with Crippen LogP contribution in [0.15, 0.2) is 5.38 Å². The number of aromatic nitrogens is 1. The normalized spacial score (nSPS) is 19.2. The maximum atomic E-state index is 12.0. The van der Waals surface area contributed by atoms with Gasteiger partial charge in [0, 0.05) is 24.2 Å². The van der Waals surface area contributed by atoms with Crippen molar-refractivity contribution in [2.75, 3.05) is 18.6 Å². The van der Waals surface area contributed by atoms with E-state index in [2.05, 4.69) is 4.98 Å². The van der Waals surface area contributed by atoms with E-state index in [0.29, 0.717) is 0 Å². The Labute approximate surface area is 107 Å². The number of aromatic carboxylic acids is 1. The van der Waals surface area contributed by atoms with Crippen LogP contribution in [0.25, 0.3) is 0 Å². The summed E-state index contributed by atoms with van der Waals surface area (Å²) >= 11 is 2.91. The largest absolute Gasteiger partial charge is 0.476 e. The molecule has 1 fully saturated rings. The molecule has 1 unspecified atom stereocenters. The van der Waals surface area contributed by atoms with Crippen molar-refractivity contribution in [3.05, 3.63) is 16.1 Å². The zero-order chi connectivity index (χ0) is 12.4. The van der Waals surface area contributed by atoms with Crippen LogP contribution >= 0.6 is 23.1 Å². The summed E-state index contributed by atoms with van der Waals surface area (Å²) in [7, 11) is 1.75. The Hall–Kier alpha value is -1.08. The van der Waals surface area contributed by atoms with Crippen LogP contribution in [-0.4, -0.2) is 51.5 Å². The summed E-state index contributed by atoms with van der Waals surface area (Å²) in [5.74, 6) is 0.731. The number of hydrogen-bond donors (Lipinski definition) is 1. The van der Waals surface area contributed by atoms with E-state index in [1.807, 2.05) is 11.8 Å². The fourth-order valence-corrected chi connectivity index (χ4v) is 3.65. The van der Waals surface area contributed by atoms with Gasteiger partial charge in [-0.25, -0.2) is 9.78 Å². The standard InChI is InChI=1S/C10H12N2O3S2/c1-12(6-2-3-16-4-6)9(13)8-11-7(5-17-8)10(14)15/h5-6H,2-4H2,1H3,(H,14,15). The maximum Gasteiger partial charge on any atom is 0.355 e. The number of rotatable bonds is 3. The zero-order valence-corrected chi connectivity index (χ0v) is 10.9. The highest BCUT2D eigenvalue weighted by atomic mass is 32.2. The minimum atomic E-state index is -1.10. The quantitative estimate of drug-likeness (QED) is 0.901. The van der Waals surface area contributed by atoms with Gasteiger partial charge < -0.3 is 10.0 Å². The third-order valence-corrected chi connectivity index (χ3v) is 4.66. The van der Waals surface area contributed by atoms with Crippen molar-refractivity contribution in [1.29, 1.82) is 0 Å². The molecule has 1 N–H and O–H groups in total. The van der Waals surface area contributed by atoms with E-state index in [0.717, 1.165) is 29.3 Å². The summed E-state index contributed by atoms with van der Waals surface area (Å²) in [6.45, 7) is 0. The highest BCUT2D eigenvalue weighted by Gasteiger charge is 2.26. The summed E-state index contributed by atoms with van der Waals surface area (Å²) < 4.78 is 0. The summed E-state index contributed by atoms with van der Waals surface area (Å²) in [6, 6.07) is 0.240. The molecule has 1 aliphatic heterocycles. The first-order chi connectivity index (χ1) is 8.09. The molecule has 7 heteroatoms. The molecule has 2 heterocycles. The van der Waals surface area contributed by atoms with Gasteiger partial charge >= 0.3 is 5.97 Å². The average Bonchev–Trinajstić information content (AvgIpc) is 2.97. The Kier molecular flexibility index (Phi) is 3.68. The van der Waals surface area contributed by atoms with Gasteiger partial charge in [0.1, 0.15) is 0 Å². The van der Waals surface area contributed by atoms with Gasteiger partial charge in [-0.1, -0.05) is 0 Å². The number of thioether (sulfide) groups is 1. The van der Waals surface area contributed by atoms with Crippen LogP contribution in [0.5, 0.6) is 0 Å². The van der Waals surface area contributed by atoms with Crippen LogP contribution < -0.4 is 0 Å². The molecule has 5 nitrogen and oxygen atoms in total. The first-order valence-corrected chi connectivity index (χ1v) is 7.16. The van der Waals surface area contributed by atoms with Gasteiger partial charge in [0.25, 0.3) is 5.91 Å². The molecular formula is C10H12N2O3S2. The highest BCUT2D eigenvalue weighted by molar-refractivity contribution is 7.99. The maximum absolute atomic E-state index is 12.0. The topological polar surface area (TPSA) is 70.5 Å². The van der Waals surface area contributed by atoms with Crippen molar-refractivity contribution in [2.24, 2.45) is 0 Å². The lowest BCUT2D eigenvalue weighted by molar-refractivity contribution is 0.0691. The minimum absolute atomic E-state index is 0.0625. The lowest BCUT2D eigenvalue weighted by Gasteiger charge is -2.22. The summed E-state index contributed by atoms with van der Waals surface area (Å²) in [4.78, 5) is 28.2. The zero-order valence-electron chi connectivity index (χ0n) is 9.25. The van der Waals surface area contributed by atoms with Gasteiger partial charge in [-0.15, -0.1) is 11.3 Å². The monoisotopic (exact) mass is 272 g/mol. The second-order valence-corrected chi connectivity index (χ2v) is 5.78. The van der Waals surface area contributed by atoms with Crippen LogP contribution in [-0.2, 0) is 0 Å². The Morgan fingerprint density at radius 3 is 2.88 bits per heavy atom. The molecule has 17 heavy (non-hydrogen) atoms. The van der Waals surface area contributed by atoms with Crippen LogP contribution in [0.3, 0.4) is 0 Å². The van der Waals surface area contributed by atoms with Gasteiger partial charge in [-0.3, -0.25) is 4.79 Å². The van der Waals surface area contributed by atoms with E-state index in [-0.39, 0.29) is 22.7 Å². The molecule has 1 aromatic heterocycles. The summed E-state index contributed by atoms with van der Waals surface area (Å²) in [6.07, 6.45) is 0.990. The second kappa shape index (κ2) is 5.05. The Bertz CT molecular complexity index is 441. The molecule has 1 atom stereocenters. The predicted octanol–water partition coefficient (Wildman–Crippen LogP) is 1.42. The van der Waals surface area contributed by atoms with Gasteiger partial charge in [0.15, 0.2) is 10.7 Å². The Morgan fingerprint density at radius 1 is 1.59 bits per heavy atom. The van der Waals surface area contributed by atoms with E-state index < -0.39 is 5.97 Å². The number of carbonyl (C=O) groups excluding carboxylic acids is 1. The molecule has 1 aromatic rings. The fourth-order valence-electron chi connectivity index (χ4n) is 1.61. The molecular weight excluding hydrogens is 260 g/mol. The van der Waals surface area contributed by atoms with Crippen molar-refractivity contribution < 1.29 is 14.7 Å². The SMILES string of the molecule is CN(C(=O)c1nc(C(=O)O)cs1)C1CCSC1. The lowest BCUT2D eigenvalue weighted by atomic mass is 10.2. The van der Waals surface area contributed by atoms with Gasteiger partial charge in [0.05, 0.1) is 0 Å². The Morgan fingerprint density at radius 2 is 2.35 bits per heavy atom. The van der Waals surface area contributed by atoms with Crippen molar-refractivity contribution in [1.82, 2.24) is 9.88 Å². The average molecular weight is 272 g/mol. The van der Waals surface area contributed by atoms with Crippen molar-refractivity contribution in [3.63, 3.8) is 0 Å². The van der Waals surface area contributed by atoms with Crippen LogP contribution in [0.2, 0.25) is 0 Å². The molecule has 0 aromatic carbocycles. The van der Waals surface area contributed by atoms with E-state index in [1.54, 1.807) is 11.9 Å². The van der Waals surface area contributed by atoms with Gasteiger partial charge in [0.2, 0.25) is 0 Å². The van der Waals surface area contributed by atoms with E-state index in [4.69, 9.17) is 5.11 Å². The number of carboxylic acid groups (broad SMARTS) is 1. The van der Waals surface area contributed by atoms with Crippen LogP contribution in [0.4, 0.5) is 0 Å². The first-order valence-electron chi connectivity index (χ1n) is 5.13. The van der Waals surface area contributed by atoms with Crippen molar-refractivity contribution in [3.8, 4) is 0 Å². The lowest BCUT2D eigenvalue weighted by Crippen LogP contribution is -2.36. The smallest absolute Gasteiger partial charge is 0.355 e. The van der Waals surface area contributed by atoms with E-state index >= 15 is 0 Å². The molecule has 0 spiro atoms. The number of carboxylic acids is 1. The minimum Gasteiger partial charge on any atom is -0.476 e. The van der Waals surface area contributed by atoms with Gasteiger partial charge in [-0.2, -0.15) is 11.8 Å². The van der Waals surface area contributed by atoms with E-state index in [1.165, 1.54) is 5.38 Å². The molecule has 1 saturated heterocycles. The number of thiazole rings is 1. The molecule has 0 aliphatic carbocycles. The summed E-state index contributed by atoms with van der Waals surface area (Å²) in [5.41, 5.74) is -0.0625. The molecule has 92 valence electrons. The molecule has 1 aliphatic rings. The molecule has 2 rings (SSSR count). The second-order valence-electron chi connectivity index (χ2n) is 3.78. The number of nitrogens with zero attached hydrogens (tertiary/aromatic N) is 2. The van der Waals surface area contributed by atoms with Crippen LogP contribution in [0.1, 0.15) is 26.7 Å². The summed E-state index contributed by atoms with van der Waals surface area (Å²) in [5, 5.41) is 10.4. The third kappa shape index (κ3) is 2.61. The fraction of sp³-hybridized carbons (Fsp3) is 0.500. The van der Waals surface area contributed by atoms with E-state index in [9.17, 15) is 9.59 Å². The highest BCUT2D eigenvalue weighted by Crippen LogP contribution is 2.23. The molecule has 1 amide bonds. The Balaban J connectivity index is 2.09. The predicted molar refractivity (Wildman–Crippen MR) is 66.9 cm³/mol. The van der Waals surface area contributed by atoms with Crippen molar-refractivity contribution >= 4 is 35.0 Å². The van der Waals surface area contributed by atoms with Gasteiger partial charge in [-0.05, 0) is 12.2 Å². The van der Waals surface area contributed by atoms with Crippen molar-refractivity contribution in [2.45, 2.75) is 12.5 Å². The number of carbonyl (C=O) groups is 2. The first kappa shape index (κ1) is 12.4. The molecule has 0 bridgehead atoms. The molecule has 0 radical (unpaired) electrons.